The number of nitrogens with one attached hydrogen (secondary N) is 1. The van der Waals surface area contributed by atoms with Crippen LogP contribution in [0.15, 0.2) is 76.1 Å². The van der Waals surface area contributed by atoms with Gasteiger partial charge in [-0.3, -0.25) is 13.9 Å². The van der Waals surface area contributed by atoms with E-state index in [0.29, 0.717) is 21.3 Å². The zero-order valence-electron chi connectivity index (χ0n) is 20.4. The quantitative estimate of drug-likeness (QED) is 0.344. The van der Waals surface area contributed by atoms with Gasteiger partial charge in [-0.25, -0.2) is 8.42 Å². The van der Waals surface area contributed by atoms with Gasteiger partial charge in [-0.15, -0.1) is 0 Å². The number of likely N-dealkylation sites (N-methyl/N-ethyl adjacent to an activating group) is 1. The number of aryl methyl sites for hydroxylation is 1. The van der Waals surface area contributed by atoms with Crippen molar-refractivity contribution in [1.29, 1.82) is 0 Å². The lowest BCUT2D eigenvalue weighted by atomic mass is 10.1. The van der Waals surface area contributed by atoms with E-state index in [1.807, 2.05) is 6.92 Å². The van der Waals surface area contributed by atoms with Gasteiger partial charge in [0.1, 0.15) is 12.6 Å². The molecule has 11 heteroatoms. The number of amides is 2. The van der Waals surface area contributed by atoms with Crippen LogP contribution in [0.1, 0.15) is 18.1 Å². The Morgan fingerprint density at radius 1 is 0.973 bits per heavy atom. The molecule has 0 aromatic heterocycles. The lowest BCUT2D eigenvalue weighted by molar-refractivity contribution is -0.139. The first-order valence-electron chi connectivity index (χ1n) is 11.2. The van der Waals surface area contributed by atoms with Crippen molar-refractivity contribution in [2.24, 2.45) is 0 Å². The summed E-state index contributed by atoms with van der Waals surface area (Å²) in [6.07, 6.45) is 0. The highest BCUT2D eigenvalue weighted by molar-refractivity contribution is 9.10. The molecule has 0 bridgehead atoms. The van der Waals surface area contributed by atoms with Crippen molar-refractivity contribution in [1.82, 2.24) is 10.2 Å². The molecule has 0 fully saturated rings. The Bertz CT molecular complexity index is 1380. The second-order valence-electron chi connectivity index (χ2n) is 8.36. The first kappa shape index (κ1) is 29.0. The van der Waals surface area contributed by atoms with Gasteiger partial charge in [0, 0.05) is 18.1 Å². The van der Waals surface area contributed by atoms with Crippen LogP contribution in [0, 0.1) is 6.92 Å². The Morgan fingerprint density at radius 2 is 1.59 bits per heavy atom. The Kier molecular flexibility index (Phi) is 9.63. The van der Waals surface area contributed by atoms with Crippen LogP contribution in [0.4, 0.5) is 5.69 Å². The number of halogens is 3. The van der Waals surface area contributed by atoms with Gasteiger partial charge in [0.2, 0.25) is 11.8 Å². The molecule has 3 aromatic rings. The van der Waals surface area contributed by atoms with Crippen molar-refractivity contribution in [3.05, 3.63) is 92.4 Å². The summed E-state index contributed by atoms with van der Waals surface area (Å²) in [4.78, 5) is 27.6. The topological polar surface area (TPSA) is 86.8 Å². The van der Waals surface area contributed by atoms with Gasteiger partial charge >= 0.3 is 0 Å². The summed E-state index contributed by atoms with van der Waals surface area (Å²) in [6, 6.07) is 17.0. The van der Waals surface area contributed by atoms with Crippen molar-refractivity contribution in [3.63, 3.8) is 0 Å². The van der Waals surface area contributed by atoms with Gasteiger partial charge in [0.25, 0.3) is 10.0 Å². The smallest absolute Gasteiger partial charge is 0.264 e. The SMILES string of the molecule is CNC(=O)[C@H](C)N(Cc1ccc(Cl)c(Cl)c1)C(=O)CN(c1ccc(Br)cc1)S(=O)(=O)c1ccc(C)cc1. The molecule has 0 aliphatic carbocycles. The second-order valence-corrected chi connectivity index (χ2v) is 12.0. The van der Waals surface area contributed by atoms with Gasteiger partial charge < -0.3 is 10.2 Å². The molecule has 0 aliphatic rings. The number of anilines is 1. The average molecular weight is 627 g/mol. The highest BCUT2D eigenvalue weighted by atomic mass is 79.9. The highest BCUT2D eigenvalue weighted by Crippen LogP contribution is 2.27. The molecule has 0 saturated heterocycles. The van der Waals surface area contributed by atoms with Crippen molar-refractivity contribution < 1.29 is 18.0 Å². The van der Waals surface area contributed by atoms with Gasteiger partial charge in [0.15, 0.2) is 0 Å². The van der Waals surface area contributed by atoms with Crippen LogP contribution in [0.3, 0.4) is 0 Å². The van der Waals surface area contributed by atoms with Crippen molar-refractivity contribution in [3.8, 4) is 0 Å². The predicted molar refractivity (Wildman–Crippen MR) is 150 cm³/mol. The lowest BCUT2D eigenvalue weighted by Gasteiger charge is -2.31. The molecule has 7 nitrogen and oxygen atoms in total. The first-order chi connectivity index (χ1) is 17.4. The van der Waals surface area contributed by atoms with Crippen LogP contribution in [-0.2, 0) is 26.2 Å². The summed E-state index contributed by atoms with van der Waals surface area (Å²) >= 11 is 15.5. The van der Waals surface area contributed by atoms with Crippen LogP contribution in [0.5, 0.6) is 0 Å². The van der Waals surface area contributed by atoms with E-state index in [1.54, 1.807) is 61.5 Å². The van der Waals surface area contributed by atoms with E-state index < -0.39 is 34.4 Å². The van der Waals surface area contributed by atoms with Crippen LogP contribution in [0.25, 0.3) is 0 Å². The molecule has 0 heterocycles. The molecule has 0 aliphatic heterocycles. The molecule has 0 spiro atoms. The first-order valence-corrected chi connectivity index (χ1v) is 14.2. The molecule has 0 radical (unpaired) electrons. The number of hydrogen-bond donors (Lipinski definition) is 1. The zero-order chi connectivity index (χ0) is 27.3. The second kappa shape index (κ2) is 12.3. The highest BCUT2D eigenvalue weighted by Gasteiger charge is 2.32. The largest absolute Gasteiger partial charge is 0.357 e. The fraction of sp³-hybridized carbons (Fsp3) is 0.231. The predicted octanol–water partition coefficient (Wildman–Crippen LogP) is 5.42. The number of rotatable bonds is 9. The van der Waals surface area contributed by atoms with E-state index in [9.17, 15) is 18.0 Å². The maximum atomic E-state index is 13.7. The molecule has 37 heavy (non-hydrogen) atoms. The van der Waals surface area contributed by atoms with Gasteiger partial charge in [-0.05, 0) is 67.9 Å². The minimum Gasteiger partial charge on any atom is -0.357 e. The Hall–Kier alpha value is -2.59. The fourth-order valence-electron chi connectivity index (χ4n) is 3.60. The number of carbonyl (C=O) groups excluding carboxylic acids is 2. The van der Waals surface area contributed by atoms with Crippen LogP contribution < -0.4 is 9.62 Å². The van der Waals surface area contributed by atoms with Crippen LogP contribution in [-0.4, -0.2) is 44.8 Å². The molecule has 0 saturated carbocycles. The molecule has 3 aromatic carbocycles. The molecular weight excluding hydrogens is 601 g/mol. The van der Waals surface area contributed by atoms with E-state index in [1.165, 1.54) is 24.1 Å². The Balaban J connectivity index is 2.03. The van der Waals surface area contributed by atoms with Crippen molar-refractivity contribution in [2.45, 2.75) is 31.3 Å². The van der Waals surface area contributed by atoms with E-state index in [2.05, 4.69) is 21.2 Å². The van der Waals surface area contributed by atoms with Crippen molar-refractivity contribution >= 4 is 66.7 Å². The van der Waals surface area contributed by atoms with Gasteiger partial charge in [-0.1, -0.05) is 62.9 Å². The van der Waals surface area contributed by atoms with Crippen LogP contribution in [0.2, 0.25) is 10.0 Å². The molecule has 1 N–H and O–H groups in total. The minimum absolute atomic E-state index is 0.0169. The third-order valence-electron chi connectivity index (χ3n) is 5.75. The molecule has 196 valence electrons. The Morgan fingerprint density at radius 3 is 2.16 bits per heavy atom. The molecule has 1 atom stereocenters. The minimum atomic E-state index is -4.12. The zero-order valence-corrected chi connectivity index (χ0v) is 24.3. The molecule has 3 rings (SSSR count). The third kappa shape index (κ3) is 7.04. The summed E-state index contributed by atoms with van der Waals surface area (Å²) in [7, 11) is -2.65. The normalized spacial score (nSPS) is 12.1. The van der Waals surface area contributed by atoms with E-state index in [0.717, 1.165) is 14.3 Å². The number of carbonyl (C=O) groups is 2. The third-order valence-corrected chi connectivity index (χ3v) is 8.81. The fourth-order valence-corrected chi connectivity index (χ4v) is 5.60. The standard InChI is InChI=1S/C26H26BrCl2N3O4S/c1-17-4-11-22(12-5-17)37(35,36)32(21-9-7-20(27)8-10-21)16-25(33)31(18(2)26(34)30-3)15-19-6-13-23(28)24(29)14-19/h4-14,18H,15-16H2,1-3H3,(H,30,34)/t18-/m0/s1. The maximum absolute atomic E-state index is 13.7. The maximum Gasteiger partial charge on any atom is 0.264 e. The molecule has 2 amide bonds. The summed E-state index contributed by atoms with van der Waals surface area (Å²) in [5.41, 5.74) is 1.84. The molecular formula is C26H26BrCl2N3O4S. The summed E-state index contributed by atoms with van der Waals surface area (Å²) in [5, 5.41) is 3.20. The molecule has 0 unspecified atom stereocenters. The van der Waals surface area contributed by atoms with Gasteiger partial charge in [-0.2, -0.15) is 0 Å². The van der Waals surface area contributed by atoms with Gasteiger partial charge in [0.05, 0.1) is 20.6 Å². The van der Waals surface area contributed by atoms with E-state index in [4.69, 9.17) is 23.2 Å². The number of benzene rings is 3. The summed E-state index contributed by atoms with van der Waals surface area (Å²) in [6.45, 7) is 2.92. The van der Waals surface area contributed by atoms with E-state index in [-0.39, 0.29) is 11.4 Å². The number of sulfonamides is 1. The van der Waals surface area contributed by atoms with Crippen LogP contribution >= 0.6 is 39.1 Å². The number of hydrogen-bond acceptors (Lipinski definition) is 4. The number of nitrogens with zero attached hydrogens (tertiary/aromatic N) is 2. The monoisotopic (exact) mass is 625 g/mol. The summed E-state index contributed by atoms with van der Waals surface area (Å²) < 4.78 is 29.2. The van der Waals surface area contributed by atoms with Crippen molar-refractivity contribution in [2.75, 3.05) is 17.9 Å². The lowest BCUT2D eigenvalue weighted by Crippen LogP contribution is -2.50. The average Bonchev–Trinajstić information content (AvgIpc) is 2.87. The Labute approximate surface area is 235 Å². The van der Waals surface area contributed by atoms with E-state index >= 15 is 0 Å². The summed E-state index contributed by atoms with van der Waals surface area (Å²) in [5.74, 6) is -0.967.